The summed E-state index contributed by atoms with van der Waals surface area (Å²) < 4.78 is 28.7. The Balaban J connectivity index is 1.93. The first-order valence-electron chi connectivity index (χ1n) is 6.24. The van der Waals surface area contributed by atoms with Crippen molar-refractivity contribution in [3.05, 3.63) is 47.6 Å². The molecule has 0 amide bonds. The second kappa shape index (κ2) is 5.88. The van der Waals surface area contributed by atoms with Crippen molar-refractivity contribution >= 4 is 55.5 Å². The maximum Gasteiger partial charge on any atom is 0.150 e. The second-order valence-electron chi connectivity index (χ2n) is 4.76. The van der Waals surface area contributed by atoms with Gasteiger partial charge in [-0.25, -0.2) is 8.78 Å². The Morgan fingerprint density at radius 2 is 2.10 bits per heavy atom. The van der Waals surface area contributed by atoms with Crippen molar-refractivity contribution in [2.24, 2.45) is 0 Å². The smallest absolute Gasteiger partial charge is 0.150 e. The van der Waals surface area contributed by atoms with Gasteiger partial charge in [-0.05, 0) is 75.5 Å². The van der Waals surface area contributed by atoms with Gasteiger partial charge in [-0.2, -0.15) is 0 Å². The van der Waals surface area contributed by atoms with Gasteiger partial charge >= 0.3 is 0 Å². The second-order valence-corrected chi connectivity index (χ2v) is 8.65. The summed E-state index contributed by atoms with van der Waals surface area (Å²) in [6.07, 6.45) is 3.14. The molecule has 0 aliphatic heterocycles. The molecule has 1 nitrogen and oxygen atoms in total. The highest BCUT2D eigenvalue weighted by molar-refractivity contribution is 14.1. The summed E-state index contributed by atoms with van der Waals surface area (Å²) in [5, 5.41) is 3.23. The third-order valence-electron chi connectivity index (χ3n) is 3.41. The Hall–Kier alpha value is -0.210. The molecular formula is C14H11BrF2INS. The number of aryl methyl sites for hydroxylation is 1. The van der Waals surface area contributed by atoms with Gasteiger partial charge in [0.15, 0.2) is 0 Å². The van der Waals surface area contributed by atoms with Gasteiger partial charge in [0.2, 0.25) is 0 Å². The van der Waals surface area contributed by atoms with E-state index in [0.717, 1.165) is 25.3 Å². The zero-order chi connectivity index (χ0) is 14.3. The predicted molar refractivity (Wildman–Crippen MR) is 90.4 cm³/mol. The maximum absolute atomic E-state index is 13.9. The summed E-state index contributed by atoms with van der Waals surface area (Å²) in [6, 6.07) is 4.45. The molecule has 1 heterocycles. The van der Waals surface area contributed by atoms with Gasteiger partial charge in [-0.3, -0.25) is 0 Å². The van der Waals surface area contributed by atoms with Crippen LogP contribution in [0.15, 0.2) is 22.7 Å². The Kier molecular flexibility index (Phi) is 4.33. The van der Waals surface area contributed by atoms with Crippen LogP contribution in [0.2, 0.25) is 0 Å². The molecule has 2 aromatic rings. The van der Waals surface area contributed by atoms with E-state index in [4.69, 9.17) is 0 Å². The van der Waals surface area contributed by atoms with Gasteiger partial charge in [-0.1, -0.05) is 0 Å². The molecule has 3 rings (SSSR count). The van der Waals surface area contributed by atoms with Crippen molar-refractivity contribution < 1.29 is 8.78 Å². The molecule has 1 aromatic carbocycles. The van der Waals surface area contributed by atoms with Gasteiger partial charge in [0, 0.05) is 15.4 Å². The van der Waals surface area contributed by atoms with Crippen LogP contribution in [0.25, 0.3) is 0 Å². The zero-order valence-corrected chi connectivity index (χ0v) is 14.9. The van der Waals surface area contributed by atoms with Crippen molar-refractivity contribution in [1.29, 1.82) is 0 Å². The average molecular weight is 470 g/mol. The predicted octanol–water partition coefficient (Wildman–Crippen LogP) is 5.88. The Bertz CT molecular complexity index is 636. The average Bonchev–Trinajstić information content (AvgIpc) is 2.74. The highest BCUT2D eigenvalue weighted by Gasteiger charge is 2.24. The lowest BCUT2D eigenvalue weighted by molar-refractivity contribution is 0.572. The minimum absolute atomic E-state index is 0.0924. The van der Waals surface area contributed by atoms with Crippen LogP contribution < -0.4 is 5.32 Å². The quantitative estimate of drug-likeness (QED) is 0.541. The molecule has 1 atom stereocenters. The lowest BCUT2D eigenvalue weighted by atomic mass is 9.94. The molecule has 1 aliphatic carbocycles. The highest BCUT2D eigenvalue weighted by Crippen LogP contribution is 2.39. The van der Waals surface area contributed by atoms with Crippen LogP contribution in [0, 0.1) is 14.5 Å². The van der Waals surface area contributed by atoms with E-state index in [-0.39, 0.29) is 6.04 Å². The summed E-state index contributed by atoms with van der Waals surface area (Å²) in [4.78, 5) is 1.37. The van der Waals surface area contributed by atoms with Gasteiger partial charge in [0.1, 0.15) is 11.6 Å². The van der Waals surface area contributed by atoms with Crippen LogP contribution in [0.4, 0.5) is 14.5 Å². The largest absolute Gasteiger partial charge is 0.375 e. The van der Waals surface area contributed by atoms with Crippen molar-refractivity contribution in [3.8, 4) is 0 Å². The van der Waals surface area contributed by atoms with Crippen LogP contribution in [0.1, 0.15) is 29.3 Å². The first-order chi connectivity index (χ1) is 9.54. The van der Waals surface area contributed by atoms with Gasteiger partial charge in [0.05, 0.1) is 14.6 Å². The van der Waals surface area contributed by atoms with Crippen LogP contribution in [0.5, 0.6) is 0 Å². The van der Waals surface area contributed by atoms with Crippen molar-refractivity contribution in [3.63, 3.8) is 0 Å². The van der Waals surface area contributed by atoms with E-state index in [1.54, 1.807) is 11.3 Å². The number of hydrogen-bond acceptors (Lipinski definition) is 2. The first-order valence-corrected chi connectivity index (χ1v) is 8.92. The van der Waals surface area contributed by atoms with E-state index >= 15 is 0 Å². The molecule has 0 fully saturated rings. The lowest BCUT2D eigenvalue weighted by Gasteiger charge is -2.25. The minimum Gasteiger partial charge on any atom is -0.375 e. The number of rotatable bonds is 2. The number of nitrogens with one attached hydrogen (secondary N) is 1. The number of hydrogen-bond donors (Lipinski definition) is 1. The third-order valence-corrected chi connectivity index (χ3v) is 6.01. The van der Waals surface area contributed by atoms with Gasteiger partial charge < -0.3 is 5.32 Å². The summed E-state index contributed by atoms with van der Waals surface area (Å²) >= 11 is 7.34. The standard InChI is InChI=1S/C14H11BrF2INS/c15-9-4-7(16)5-10(17)14(9)19-11-2-1-3-12-8(11)6-13(18)20-12/h4-6,11,19H,1-3H2. The van der Waals surface area contributed by atoms with Crippen LogP contribution >= 0.6 is 49.9 Å². The fourth-order valence-corrected chi connectivity index (χ4v) is 5.17. The van der Waals surface area contributed by atoms with Crippen molar-refractivity contribution in [2.75, 3.05) is 5.32 Å². The highest BCUT2D eigenvalue weighted by atomic mass is 127. The number of fused-ring (bicyclic) bond motifs is 1. The van der Waals surface area contributed by atoms with Crippen molar-refractivity contribution in [2.45, 2.75) is 25.3 Å². The van der Waals surface area contributed by atoms with E-state index < -0.39 is 11.6 Å². The number of benzene rings is 1. The molecule has 1 aromatic heterocycles. The molecule has 0 saturated heterocycles. The summed E-state index contributed by atoms with van der Waals surface area (Å²) in [6.45, 7) is 0. The molecule has 20 heavy (non-hydrogen) atoms. The normalized spacial score (nSPS) is 17.9. The molecule has 1 N–H and O–H groups in total. The molecule has 6 heteroatoms. The summed E-state index contributed by atoms with van der Waals surface area (Å²) in [5.74, 6) is -1.14. The molecule has 0 bridgehead atoms. The summed E-state index contributed by atoms with van der Waals surface area (Å²) in [5.41, 5.74) is 1.59. The lowest BCUT2D eigenvalue weighted by Crippen LogP contribution is -2.16. The molecule has 0 spiro atoms. The Morgan fingerprint density at radius 3 is 2.85 bits per heavy atom. The van der Waals surface area contributed by atoms with E-state index in [0.29, 0.717) is 10.2 Å². The van der Waals surface area contributed by atoms with Crippen LogP contribution in [0.3, 0.4) is 0 Å². The zero-order valence-electron chi connectivity index (χ0n) is 10.4. The van der Waals surface area contributed by atoms with Gasteiger partial charge in [0.25, 0.3) is 0 Å². The fourth-order valence-electron chi connectivity index (χ4n) is 2.53. The fraction of sp³-hybridized carbons (Fsp3) is 0.286. The molecular weight excluding hydrogens is 459 g/mol. The van der Waals surface area contributed by atoms with E-state index in [2.05, 4.69) is 49.9 Å². The number of thiophene rings is 1. The first kappa shape index (κ1) is 14.7. The number of anilines is 1. The van der Waals surface area contributed by atoms with Crippen LogP contribution in [-0.2, 0) is 6.42 Å². The maximum atomic E-state index is 13.9. The van der Waals surface area contributed by atoms with Crippen LogP contribution in [-0.4, -0.2) is 0 Å². The Morgan fingerprint density at radius 1 is 1.30 bits per heavy atom. The topological polar surface area (TPSA) is 12.0 Å². The van der Waals surface area contributed by atoms with E-state index in [1.807, 2.05) is 0 Å². The summed E-state index contributed by atoms with van der Waals surface area (Å²) in [7, 11) is 0. The molecule has 106 valence electrons. The Labute approximate surface area is 142 Å². The number of halogens is 4. The van der Waals surface area contributed by atoms with E-state index in [1.165, 1.54) is 19.4 Å². The molecule has 1 unspecified atom stereocenters. The molecule has 0 saturated carbocycles. The van der Waals surface area contributed by atoms with Crippen molar-refractivity contribution in [1.82, 2.24) is 0 Å². The molecule has 0 radical (unpaired) electrons. The van der Waals surface area contributed by atoms with Gasteiger partial charge in [-0.15, -0.1) is 11.3 Å². The molecule has 1 aliphatic rings. The minimum atomic E-state index is -0.575. The SMILES string of the molecule is Fc1cc(F)c(NC2CCCc3sc(I)cc32)c(Br)c1. The third kappa shape index (κ3) is 2.87. The monoisotopic (exact) mass is 469 g/mol. The van der Waals surface area contributed by atoms with E-state index in [9.17, 15) is 8.78 Å².